The van der Waals surface area contributed by atoms with Crippen molar-refractivity contribution in [2.75, 3.05) is 0 Å². The summed E-state index contributed by atoms with van der Waals surface area (Å²) in [5.74, 6) is 0.218. The lowest BCUT2D eigenvalue weighted by atomic mass is 9.86. The standard InChI is InChI=1S/C22H21NO/c1-16-13-20(14-17(2)23-16)22(24)15-21(18-9-5-3-6-10-18)19-11-7-4-8-12-19/h3-14,21H,15H2,1-2H3. The van der Waals surface area contributed by atoms with Crippen LogP contribution in [0.4, 0.5) is 0 Å². The molecule has 1 aromatic heterocycles. The van der Waals surface area contributed by atoms with E-state index in [4.69, 9.17) is 0 Å². The van der Waals surface area contributed by atoms with Crippen molar-refractivity contribution in [2.45, 2.75) is 26.2 Å². The quantitative estimate of drug-likeness (QED) is 0.613. The number of carbonyl (C=O) groups excluding carboxylic acids is 1. The number of hydrogen-bond donors (Lipinski definition) is 0. The molecule has 0 fully saturated rings. The minimum Gasteiger partial charge on any atom is -0.294 e. The van der Waals surface area contributed by atoms with Gasteiger partial charge in [-0.3, -0.25) is 9.78 Å². The van der Waals surface area contributed by atoms with E-state index in [9.17, 15) is 4.79 Å². The predicted octanol–water partition coefficient (Wildman–Crippen LogP) is 5.10. The average molecular weight is 315 g/mol. The molecular formula is C22H21NO. The van der Waals surface area contributed by atoms with Gasteiger partial charge in [0.2, 0.25) is 0 Å². The van der Waals surface area contributed by atoms with E-state index in [2.05, 4.69) is 29.2 Å². The topological polar surface area (TPSA) is 30.0 Å². The molecule has 0 amide bonds. The third-order valence-electron chi connectivity index (χ3n) is 4.20. The Morgan fingerprint density at radius 1 is 0.833 bits per heavy atom. The minimum atomic E-state index is 0.0636. The van der Waals surface area contributed by atoms with Crippen molar-refractivity contribution in [1.29, 1.82) is 0 Å². The Morgan fingerprint density at radius 2 is 1.29 bits per heavy atom. The lowest BCUT2D eigenvalue weighted by molar-refractivity contribution is 0.0977. The number of rotatable bonds is 5. The van der Waals surface area contributed by atoms with Gasteiger partial charge in [0.15, 0.2) is 5.78 Å². The van der Waals surface area contributed by atoms with Crippen LogP contribution in [0.25, 0.3) is 0 Å². The van der Waals surface area contributed by atoms with E-state index in [1.165, 1.54) is 11.1 Å². The molecule has 0 spiro atoms. The molecule has 0 aliphatic rings. The largest absolute Gasteiger partial charge is 0.294 e. The predicted molar refractivity (Wildman–Crippen MR) is 97.4 cm³/mol. The smallest absolute Gasteiger partial charge is 0.163 e. The highest BCUT2D eigenvalue weighted by atomic mass is 16.1. The van der Waals surface area contributed by atoms with Gasteiger partial charge in [0.1, 0.15) is 0 Å². The van der Waals surface area contributed by atoms with Gasteiger partial charge in [0, 0.05) is 29.3 Å². The van der Waals surface area contributed by atoms with Gasteiger partial charge < -0.3 is 0 Å². The molecule has 2 heteroatoms. The first kappa shape index (κ1) is 16.1. The third kappa shape index (κ3) is 3.77. The van der Waals surface area contributed by atoms with Crippen molar-refractivity contribution >= 4 is 5.78 Å². The summed E-state index contributed by atoms with van der Waals surface area (Å²) >= 11 is 0. The fraction of sp³-hybridized carbons (Fsp3) is 0.182. The van der Waals surface area contributed by atoms with Crippen LogP contribution in [0.2, 0.25) is 0 Å². The van der Waals surface area contributed by atoms with Gasteiger partial charge >= 0.3 is 0 Å². The highest BCUT2D eigenvalue weighted by Crippen LogP contribution is 2.29. The molecule has 3 aromatic rings. The summed E-state index contributed by atoms with van der Waals surface area (Å²) in [6, 6.07) is 24.2. The summed E-state index contributed by atoms with van der Waals surface area (Å²) in [6.45, 7) is 3.85. The molecule has 2 nitrogen and oxygen atoms in total. The van der Waals surface area contributed by atoms with Crippen molar-refractivity contribution < 1.29 is 4.79 Å². The summed E-state index contributed by atoms with van der Waals surface area (Å²) in [7, 11) is 0. The molecule has 0 aliphatic carbocycles. The Bertz CT molecular complexity index is 765. The number of nitrogens with zero attached hydrogens (tertiary/aromatic N) is 1. The first-order chi connectivity index (χ1) is 11.6. The van der Waals surface area contributed by atoms with Crippen LogP contribution >= 0.6 is 0 Å². The second kappa shape index (κ2) is 7.22. The van der Waals surface area contributed by atoms with E-state index >= 15 is 0 Å². The molecule has 0 saturated heterocycles. The second-order valence-corrected chi connectivity index (χ2v) is 6.14. The molecule has 120 valence electrons. The lowest BCUT2D eigenvalue weighted by Gasteiger charge is -2.17. The summed E-state index contributed by atoms with van der Waals surface area (Å²) < 4.78 is 0. The Morgan fingerprint density at radius 3 is 1.75 bits per heavy atom. The average Bonchev–Trinajstić information content (AvgIpc) is 2.60. The van der Waals surface area contributed by atoms with Crippen LogP contribution < -0.4 is 0 Å². The fourth-order valence-electron chi connectivity index (χ4n) is 3.10. The molecule has 3 rings (SSSR count). The molecule has 2 aromatic carbocycles. The molecular weight excluding hydrogens is 294 g/mol. The van der Waals surface area contributed by atoms with E-state index in [1.807, 2.05) is 62.4 Å². The molecule has 0 aliphatic heterocycles. The van der Waals surface area contributed by atoms with E-state index in [0.717, 1.165) is 17.0 Å². The highest BCUT2D eigenvalue weighted by Gasteiger charge is 2.19. The Kier molecular flexibility index (Phi) is 4.85. The van der Waals surface area contributed by atoms with Crippen molar-refractivity contribution in [3.8, 4) is 0 Å². The van der Waals surface area contributed by atoms with E-state index in [-0.39, 0.29) is 11.7 Å². The molecule has 0 atom stereocenters. The maximum Gasteiger partial charge on any atom is 0.163 e. The van der Waals surface area contributed by atoms with E-state index in [1.54, 1.807) is 0 Å². The number of benzene rings is 2. The van der Waals surface area contributed by atoms with Gasteiger partial charge in [0.25, 0.3) is 0 Å². The van der Waals surface area contributed by atoms with Crippen molar-refractivity contribution in [1.82, 2.24) is 4.98 Å². The summed E-state index contributed by atoms with van der Waals surface area (Å²) in [4.78, 5) is 17.2. The summed E-state index contributed by atoms with van der Waals surface area (Å²) in [5, 5.41) is 0. The Hall–Kier alpha value is -2.74. The molecule has 1 heterocycles. The lowest BCUT2D eigenvalue weighted by Crippen LogP contribution is -2.10. The van der Waals surface area contributed by atoms with Crippen LogP contribution in [-0.2, 0) is 0 Å². The molecule has 0 N–H and O–H groups in total. The zero-order valence-corrected chi connectivity index (χ0v) is 14.1. The third-order valence-corrected chi connectivity index (χ3v) is 4.20. The molecule has 24 heavy (non-hydrogen) atoms. The van der Waals surface area contributed by atoms with Gasteiger partial charge in [-0.05, 0) is 37.1 Å². The SMILES string of the molecule is Cc1cc(C(=O)CC(c2ccccc2)c2ccccc2)cc(C)n1. The highest BCUT2D eigenvalue weighted by molar-refractivity contribution is 5.97. The fourth-order valence-corrected chi connectivity index (χ4v) is 3.10. The number of hydrogen-bond acceptors (Lipinski definition) is 2. The van der Waals surface area contributed by atoms with Gasteiger partial charge in [-0.2, -0.15) is 0 Å². The number of aryl methyl sites for hydroxylation is 2. The summed E-state index contributed by atoms with van der Waals surface area (Å²) in [6.07, 6.45) is 0.455. The molecule has 0 radical (unpaired) electrons. The normalized spacial score (nSPS) is 10.8. The minimum absolute atomic E-state index is 0.0636. The van der Waals surface area contributed by atoms with Crippen LogP contribution in [0, 0.1) is 13.8 Å². The van der Waals surface area contributed by atoms with Crippen molar-refractivity contribution in [2.24, 2.45) is 0 Å². The van der Waals surface area contributed by atoms with Crippen molar-refractivity contribution in [3.05, 3.63) is 101 Å². The number of pyridine rings is 1. The summed E-state index contributed by atoms with van der Waals surface area (Å²) in [5.41, 5.74) is 4.85. The number of aromatic nitrogens is 1. The number of carbonyl (C=O) groups is 1. The monoisotopic (exact) mass is 315 g/mol. The first-order valence-electron chi connectivity index (χ1n) is 8.22. The molecule has 0 unspecified atom stereocenters. The van der Waals surface area contributed by atoms with Gasteiger partial charge in [-0.15, -0.1) is 0 Å². The van der Waals surface area contributed by atoms with Crippen LogP contribution in [0.5, 0.6) is 0 Å². The molecule has 0 saturated carbocycles. The Balaban J connectivity index is 1.93. The first-order valence-corrected chi connectivity index (χ1v) is 8.22. The van der Waals surface area contributed by atoms with E-state index in [0.29, 0.717) is 6.42 Å². The zero-order valence-electron chi connectivity index (χ0n) is 14.1. The number of Topliss-reactive ketones (excluding diaryl/α,β-unsaturated/α-hetero) is 1. The second-order valence-electron chi connectivity index (χ2n) is 6.14. The Labute approximate surface area is 143 Å². The van der Waals surface area contributed by atoms with Gasteiger partial charge in [-0.25, -0.2) is 0 Å². The van der Waals surface area contributed by atoms with Gasteiger partial charge in [-0.1, -0.05) is 60.7 Å². The van der Waals surface area contributed by atoms with Crippen LogP contribution in [0.15, 0.2) is 72.8 Å². The zero-order chi connectivity index (χ0) is 16.9. The van der Waals surface area contributed by atoms with E-state index < -0.39 is 0 Å². The maximum atomic E-state index is 12.9. The maximum absolute atomic E-state index is 12.9. The number of ketones is 1. The molecule has 0 bridgehead atoms. The van der Waals surface area contributed by atoms with Crippen LogP contribution in [-0.4, -0.2) is 10.8 Å². The van der Waals surface area contributed by atoms with Crippen LogP contribution in [0.1, 0.15) is 45.2 Å². The van der Waals surface area contributed by atoms with Crippen molar-refractivity contribution in [3.63, 3.8) is 0 Å². The van der Waals surface area contributed by atoms with Crippen LogP contribution in [0.3, 0.4) is 0 Å². The van der Waals surface area contributed by atoms with Gasteiger partial charge in [0.05, 0.1) is 0 Å².